The van der Waals surface area contributed by atoms with Gasteiger partial charge in [-0.05, 0) is 37.9 Å². The normalized spacial score (nSPS) is 18.1. The maximum Gasteiger partial charge on any atom is 0.320 e. The second kappa shape index (κ2) is 9.18. The Morgan fingerprint density at radius 2 is 1.62 bits per heavy atom. The Kier molecular flexibility index (Phi) is 6.64. The number of carboxylic acids is 1. The smallest absolute Gasteiger partial charge is 0.320 e. The van der Waals surface area contributed by atoms with Crippen molar-refractivity contribution in [3.05, 3.63) is 53.1 Å². The summed E-state index contributed by atoms with van der Waals surface area (Å²) in [4.78, 5) is 14.1. The third-order valence-corrected chi connectivity index (χ3v) is 5.58. The third kappa shape index (κ3) is 4.32. The number of piperidine rings is 1. The second-order valence-corrected chi connectivity index (χ2v) is 7.35. The number of methoxy groups -OCH3 is 3. The summed E-state index contributed by atoms with van der Waals surface area (Å²) >= 11 is 0. The predicted molar refractivity (Wildman–Crippen MR) is 111 cm³/mol. The molecular weight excluding hydrogens is 370 g/mol. The number of hydrogen-bond donors (Lipinski definition) is 1. The highest BCUT2D eigenvalue weighted by molar-refractivity contribution is 5.74. The number of hydrogen-bond acceptors (Lipinski definition) is 5. The Morgan fingerprint density at radius 1 is 1.00 bits per heavy atom. The molecule has 0 aromatic heterocycles. The van der Waals surface area contributed by atoms with Gasteiger partial charge in [0.2, 0.25) is 0 Å². The summed E-state index contributed by atoms with van der Waals surface area (Å²) in [5.74, 6) is 1.01. The van der Waals surface area contributed by atoms with Gasteiger partial charge in [0, 0.05) is 11.6 Å². The average molecular weight is 399 g/mol. The van der Waals surface area contributed by atoms with Gasteiger partial charge in [-0.25, -0.2) is 0 Å². The number of aryl methyl sites for hydroxylation is 1. The van der Waals surface area contributed by atoms with Crippen molar-refractivity contribution in [3.63, 3.8) is 0 Å². The number of carbonyl (C=O) groups is 1. The number of aliphatic carboxylic acids is 1. The van der Waals surface area contributed by atoms with E-state index < -0.39 is 12.0 Å². The number of nitrogens with zero attached hydrogens (tertiary/aromatic N) is 1. The van der Waals surface area contributed by atoms with Crippen molar-refractivity contribution in [1.29, 1.82) is 0 Å². The zero-order chi connectivity index (χ0) is 21.0. The van der Waals surface area contributed by atoms with Gasteiger partial charge in [-0.3, -0.25) is 9.69 Å². The maximum absolute atomic E-state index is 12.0. The molecule has 156 valence electrons. The molecular formula is C23H29NO5. The minimum absolute atomic E-state index is 0.272. The molecule has 6 nitrogen and oxygen atoms in total. The van der Waals surface area contributed by atoms with Crippen LogP contribution in [0.1, 0.15) is 42.0 Å². The van der Waals surface area contributed by atoms with E-state index in [1.165, 1.54) is 0 Å². The summed E-state index contributed by atoms with van der Waals surface area (Å²) in [5, 5.41) is 9.89. The zero-order valence-corrected chi connectivity index (χ0v) is 17.5. The fourth-order valence-electron chi connectivity index (χ4n) is 4.09. The van der Waals surface area contributed by atoms with Crippen molar-refractivity contribution in [2.45, 2.75) is 38.3 Å². The van der Waals surface area contributed by atoms with Gasteiger partial charge in [0.25, 0.3) is 0 Å². The molecule has 2 unspecified atom stereocenters. The number of carboxylic acid groups (broad SMARTS) is 1. The fraction of sp³-hybridized carbons (Fsp3) is 0.435. The van der Waals surface area contributed by atoms with Crippen LogP contribution in [0.25, 0.3) is 0 Å². The molecule has 0 radical (unpaired) electrons. The lowest BCUT2D eigenvalue weighted by atomic mass is 9.90. The van der Waals surface area contributed by atoms with Crippen LogP contribution >= 0.6 is 0 Å². The highest BCUT2D eigenvalue weighted by Gasteiger charge is 2.36. The van der Waals surface area contributed by atoms with Gasteiger partial charge in [0.1, 0.15) is 11.8 Å². The molecule has 6 heteroatoms. The molecule has 2 aromatic rings. The van der Waals surface area contributed by atoms with Crippen molar-refractivity contribution in [3.8, 4) is 17.2 Å². The summed E-state index contributed by atoms with van der Waals surface area (Å²) in [6.45, 7) is 2.74. The topological polar surface area (TPSA) is 68.2 Å². The number of ether oxygens (including phenoxy) is 3. The first-order valence-corrected chi connectivity index (χ1v) is 9.85. The lowest BCUT2D eigenvalue weighted by Crippen LogP contribution is -2.46. The minimum atomic E-state index is -0.791. The van der Waals surface area contributed by atoms with Crippen LogP contribution in [-0.2, 0) is 4.79 Å². The van der Waals surface area contributed by atoms with Crippen molar-refractivity contribution in [2.24, 2.45) is 0 Å². The van der Waals surface area contributed by atoms with E-state index in [0.717, 1.165) is 29.5 Å². The summed E-state index contributed by atoms with van der Waals surface area (Å²) in [7, 11) is 4.79. The summed E-state index contributed by atoms with van der Waals surface area (Å²) in [5.41, 5.74) is 3.04. The highest BCUT2D eigenvalue weighted by atomic mass is 16.5. The molecule has 1 N–H and O–H groups in total. The van der Waals surface area contributed by atoms with E-state index >= 15 is 0 Å². The van der Waals surface area contributed by atoms with Crippen LogP contribution in [0.3, 0.4) is 0 Å². The lowest BCUT2D eigenvalue weighted by molar-refractivity contribution is -0.145. The Hall–Kier alpha value is -2.73. The number of rotatable bonds is 7. The summed E-state index contributed by atoms with van der Waals surface area (Å²) in [6, 6.07) is 11.1. The molecule has 0 aliphatic carbocycles. The van der Waals surface area contributed by atoms with Crippen LogP contribution in [0.4, 0.5) is 0 Å². The van der Waals surface area contributed by atoms with E-state index in [2.05, 4.69) is 29.2 Å². The van der Waals surface area contributed by atoms with Crippen molar-refractivity contribution in [2.75, 3.05) is 27.9 Å². The number of likely N-dealkylation sites (tertiary alicyclic amines) is 1. The first-order chi connectivity index (χ1) is 14.0. The van der Waals surface area contributed by atoms with E-state index in [4.69, 9.17) is 14.2 Å². The van der Waals surface area contributed by atoms with Crippen LogP contribution in [0.2, 0.25) is 0 Å². The van der Waals surface area contributed by atoms with Crippen LogP contribution < -0.4 is 14.2 Å². The lowest BCUT2D eigenvalue weighted by Gasteiger charge is -2.40. The predicted octanol–water partition coefficient (Wildman–Crippen LogP) is 4.05. The standard InChI is InChI=1S/C23H29NO5/c1-15-8-10-16(11-9-15)22(24-12-6-5-7-18(24)23(25)26)17-13-20(28-3)21(29-4)14-19(17)27-2/h8-11,13-14,18,22H,5-7,12H2,1-4H3,(H,25,26). The second-order valence-electron chi connectivity index (χ2n) is 7.35. The monoisotopic (exact) mass is 399 g/mol. The molecule has 0 saturated carbocycles. The van der Waals surface area contributed by atoms with Crippen molar-refractivity contribution < 1.29 is 24.1 Å². The molecule has 0 amide bonds. The van der Waals surface area contributed by atoms with E-state index in [1.54, 1.807) is 27.4 Å². The molecule has 2 aromatic carbocycles. The Bertz CT molecular complexity index is 849. The minimum Gasteiger partial charge on any atom is -0.496 e. The zero-order valence-electron chi connectivity index (χ0n) is 17.5. The van der Waals surface area contributed by atoms with Crippen molar-refractivity contribution in [1.82, 2.24) is 4.90 Å². The van der Waals surface area contributed by atoms with Gasteiger partial charge in [0.05, 0.1) is 27.4 Å². The van der Waals surface area contributed by atoms with Crippen LogP contribution in [0.15, 0.2) is 36.4 Å². The van der Waals surface area contributed by atoms with Gasteiger partial charge < -0.3 is 19.3 Å². The van der Waals surface area contributed by atoms with Gasteiger partial charge in [0.15, 0.2) is 11.5 Å². The molecule has 3 rings (SSSR count). The molecule has 29 heavy (non-hydrogen) atoms. The van der Waals surface area contributed by atoms with E-state index in [-0.39, 0.29) is 6.04 Å². The van der Waals surface area contributed by atoms with Gasteiger partial charge in [-0.15, -0.1) is 0 Å². The van der Waals surface area contributed by atoms with Gasteiger partial charge in [-0.1, -0.05) is 36.2 Å². The van der Waals surface area contributed by atoms with Crippen LogP contribution in [0, 0.1) is 6.92 Å². The van der Waals surface area contributed by atoms with E-state index in [1.807, 2.05) is 13.0 Å². The molecule has 1 fully saturated rings. The third-order valence-electron chi connectivity index (χ3n) is 5.58. The Labute approximate surface area is 172 Å². The average Bonchev–Trinajstić information content (AvgIpc) is 2.75. The number of benzene rings is 2. The van der Waals surface area contributed by atoms with E-state index in [0.29, 0.717) is 30.2 Å². The molecule has 0 spiro atoms. The van der Waals surface area contributed by atoms with Crippen LogP contribution in [0.5, 0.6) is 17.2 Å². The summed E-state index contributed by atoms with van der Waals surface area (Å²) < 4.78 is 16.6. The maximum atomic E-state index is 12.0. The van der Waals surface area contributed by atoms with Crippen LogP contribution in [-0.4, -0.2) is 49.9 Å². The molecule has 1 heterocycles. The molecule has 1 aliphatic rings. The van der Waals surface area contributed by atoms with E-state index in [9.17, 15) is 9.90 Å². The molecule has 2 atom stereocenters. The highest BCUT2D eigenvalue weighted by Crippen LogP contribution is 2.43. The fourth-order valence-corrected chi connectivity index (χ4v) is 4.09. The first kappa shape index (κ1) is 21.0. The largest absolute Gasteiger partial charge is 0.496 e. The SMILES string of the molecule is COc1cc(OC)c(C(c2ccc(C)cc2)N2CCCCC2C(=O)O)cc1OC. The van der Waals surface area contributed by atoms with Gasteiger partial charge in [-0.2, -0.15) is 0 Å². The molecule has 0 bridgehead atoms. The van der Waals surface area contributed by atoms with Gasteiger partial charge >= 0.3 is 5.97 Å². The first-order valence-electron chi connectivity index (χ1n) is 9.85. The van der Waals surface area contributed by atoms with Crippen molar-refractivity contribution >= 4 is 5.97 Å². The summed E-state index contributed by atoms with van der Waals surface area (Å²) in [6.07, 6.45) is 2.51. The molecule has 1 aliphatic heterocycles. The molecule has 1 saturated heterocycles. The quantitative estimate of drug-likeness (QED) is 0.758. The Balaban J connectivity index is 2.20. The Morgan fingerprint density at radius 3 is 2.21 bits per heavy atom.